The molecule has 0 fully saturated rings. The number of para-hydroxylation sites is 2. The Morgan fingerprint density at radius 2 is 1.22 bits per heavy atom. The lowest BCUT2D eigenvalue weighted by Gasteiger charge is -2.10. The van der Waals surface area contributed by atoms with Crippen LogP contribution in [0.15, 0.2) is 167 Å². The summed E-state index contributed by atoms with van der Waals surface area (Å²) in [7, 11) is 0. The van der Waals surface area contributed by atoms with Crippen LogP contribution < -0.4 is 4.74 Å². The van der Waals surface area contributed by atoms with Gasteiger partial charge >= 0.3 is 0 Å². The first-order valence-electron chi connectivity index (χ1n) is 15.0. The molecule has 0 saturated heterocycles. The number of allylic oxidation sites excluding steroid dienone is 1. The molecule has 8 rings (SSSR count). The molecule has 0 spiro atoms. The van der Waals surface area contributed by atoms with Crippen molar-refractivity contribution in [3.8, 4) is 22.6 Å². The third-order valence-corrected chi connectivity index (χ3v) is 8.38. The Labute approximate surface area is 261 Å². The van der Waals surface area contributed by atoms with E-state index in [-0.39, 0.29) is 0 Å². The molecule has 7 aromatic rings. The Kier molecular flexibility index (Phi) is 6.65. The maximum absolute atomic E-state index is 6.47. The van der Waals surface area contributed by atoms with Gasteiger partial charge in [0.05, 0.1) is 17.6 Å². The molecular formula is C41H29N3O. The van der Waals surface area contributed by atoms with E-state index in [9.17, 15) is 0 Å². The molecule has 45 heavy (non-hydrogen) atoms. The van der Waals surface area contributed by atoms with E-state index in [1.807, 2.05) is 54.6 Å². The SMILES string of the molecule is C=N/C(=C1/Oc2ccc(-c3ccc(-n4c5ccccc5c5ccccc54)cc3)cc2C1=NCc1ccccc1)c1ccccc1. The van der Waals surface area contributed by atoms with Crippen LogP contribution in [0.3, 0.4) is 0 Å². The van der Waals surface area contributed by atoms with Gasteiger partial charge in [0.25, 0.3) is 0 Å². The van der Waals surface area contributed by atoms with Gasteiger partial charge in [-0.25, -0.2) is 0 Å². The Balaban J connectivity index is 1.21. The largest absolute Gasteiger partial charge is 0.452 e. The van der Waals surface area contributed by atoms with Crippen LogP contribution in [0.25, 0.3) is 44.3 Å². The van der Waals surface area contributed by atoms with Gasteiger partial charge in [-0.15, -0.1) is 0 Å². The second-order valence-electron chi connectivity index (χ2n) is 11.1. The van der Waals surface area contributed by atoms with Gasteiger partial charge in [-0.3, -0.25) is 9.98 Å². The molecule has 0 bridgehead atoms. The van der Waals surface area contributed by atoms with Crippen LogP contribution in [-0.4, -0.2) is 17.0 Å². The van der Waals surface area contributed by atoms with Crippen molar-refractivity contribution in [2.75, 3.05) is 0 Å². The van der Waals surface area contributed by atoms with E-state index in [1.54, 1.807) is 0 Å². The monoisotopic (exact) mass is 579 g/mol. The molecule has 0 amide bonds. The lowest BCUT2D eigenvalue weighted by atomic mass is 9.99. The number of aliphatic imine (C=N–C) groups is 2. The third kappa shape index (κ3) is 4.73. The van der Waals surface area contributed by atoms with Crippen LogP contribution in [0.4, 0.5) is 0 Å². The second kappa shape index (κ2) is 11.3. The molecule has 6 aromatic carbocycles. The number of hydrogen-bond donors (Lipinski definition) is 0. The van der Waals surface area contributed by atoms with E-state index in [4.69, 9.17) is 9.73 Å². The number of nitrogens with zero attached hydrogens (tertiary/aromatic N) is 3. The Morgan fingerprint density at radius 1 is 0.622 bits per heavy atom. The summed E-state index contributed by atoms with van der Waals surface area (Å²) in [5, 5.41) is 2.51. The summed E-state index contributed by atoms with van der Waals surface area (Å²) in [6.45, 7) is 4.41. The smallest absolute Gasteiger partial charge is 0.179 e. The van der Waals surface area contributed by atoms with Crippen molar-refractivity contribution >= 4 is 39.9 Å². The predicted molar refractivity (Wildman–Crippen MR) is 186 cm³/mol. The molecule has 1 aliphatic heterocycles. The molecule has 1 aliphatic rings. The van der Waals surface area contributed by atoms with Crippen LogP contribution in [0, 0.1) is 0 Å². The van der Waals surface area contributed by atoms with Crippen LogP contribution in [0.2, 0.25) is 0 Å². The number of hydrogen-bond acceptors (Lipinski definition) is 3. The number of benzene rings is 6. The molecule has 4 heteroatoms. The van der Waals surface area contributed by atoms with Crippen LogP contribution in [-0.2, 0) is 6.54 Å². The van der Waals surface area contributed by atoms with Gasteiger partial charge in [0.1, 0.15) is 17.2 Å². The molecular weight excluding hydrogens is 550 g/mol. The lowest BCUT2D eigenvalue weighted by molar-refractivity contribution is 0.470. The van der Waals surface area contributed by atoms with Crippen LogP contribution in [0.5, 0.6) is 5.75 Å². The van der Waals surface area contributed by atoms with Crippen LogP contribution in [0.1, 0.15) is 16.7 Å². The molecule has 0 unspecified atom stereocenters. The summed E-state index contributed by atoms with van der Waals surface area (Å²) in [5.74, 6) is 1.39. The van der Waals surface area contributed by atoms with Gasteiger partial charge in [0.2, 0.25) is 0 Å². The van der Waals surface area contributed by atoms with Crippen molar-refractivity contribution in [3.63, 3.8) is 0 Å². The minimum Gasteiger partial charge on any atom is -0.452 e. The molecule has 0 aliphatic carbocycles. The predicted octanol–water partition coefficient (Wildman–Crippen LogP) is 9.90. The van der Waals surface area contributed by atoms with Crippen molar-refractivity contribution < 1.29 is 4.74 Å². The van der Waals surface area contributed by atoms with Gasteiger partial charge in [-0.1, -0.05) is 115 Å². The van der Waals surface area contributed by atoms with Crippen molar-refractivity contribution in [1.82, 2.24) is 4.57 Å². The summed E-state index contributed by atoms with van der Waals surface area (Å²) >= 11 is 0. The number of fused-ring (bicyclic) bond motifs is 4. The molecule has 4 nitrogen and oxygen atoms in total. The highest BCUT2D eigenvalue weighted by molar-refractivity contribution is 6.20. The summed E-state index contributed by atoms with van der Waals surface area (Å²) in [6.07, 6.45) is 0. The topological polar surface area (TPSA) is 38.9 Å². The Bertz CT molecular complexity index is 2210. The number of aromatic nitrogens is 1. The molecule has 0 atom stereocenters. The first-order chi connectivity index (χ1) is 22.3. The van der Waals surface area contributed by atoms with Gasteiger partial charge < -0.3 is 9.30 Å². The maximum atomic E-state index is 6.47. The molecule has 1 aromatic heterocycles. The van der Waals surface area contributed by atoms with E-state index in [0.717, 1.165) is 45.0 Å². The fraction of sp³-hybridized carbons (Fsp3) is 0.0244. The number of rotatable bonds is 6. The van der Waals surface area contributed by atoms with Crippen molar-refractivity contribution in [1.29, 1.82) is 0 Å². The zero-order chi connectivity index (χ0) is 30.2. The van der Waals surface area contributed by atoms with E-state index < -0.39 is 0 Å². The molecule has 214 valence electrons. The highest BCUT2D eigenvalue weighted by Crippen LogP contribution is 2.39. The van der Waals surface area contributed by atoms with Gasteiger partial charge in [-0.05, 0) is 59.8 Å². The quantitative estimate of drug-likeness (QED) is 0.181. The fourth-order valence-corrected chi connectivity index (χ4v) is 6.23. The average molecular weight is 580 g/mol. The van der Waals surface area contributed by atoms with Crippen LogP contribution >= 0.6 is 0 Å². The van der Waals surface area contributed by atoms with E-state index >= 15 is 0 Å². The standard InChI is InChI=1S/C41H29N3O/c1-42-39(30-14-6-3-7-15-30)41-40(43-27-28-12-4-2-5-13-28)35-26-31(22-25-38(35)45-41)29-20-23-32(24-21-29)44-36-18-10-8-16-33(36)34-17-9-11-19-37(34)44/h2-26H,1,27H2/b41-39+,43-40?. The van der Waals surface area contributed by atoms with Gasteiger partial charge in [-0.2, -0.15) is 0 Å². The first-order valence-corrected chi connectivity index (χ1v) is 15.0. The summed E-state index contributed by atoms with van der Waals surface area (Å²) < 4.78 is 8.81. The molecule has 2 heterocycles. The van der Waals surface area contributed by atoms with Crippen molar-refractivity contribution in [2.45, 2.75) is 6.54 Å². The van der Waals surface area contributed by atoms with Gasteiger partial charge in [0, 0.05) is 27.6 Å². The zero-order valence-electron chi connectivity index (χ0n) is 24.6. The number of ether oxygens (including phenoxy) is 1. The molecule has 0 N–H and O–H groups in total. The minimum atomic E-state index is 0.527. The van der Waals surface area contributed by atoms with E-state index in [2.05, 4.69) is 113 Å². The maximum Gasteiger partial charge on any atom is 0.179 e. The third-order valence-electron chi connectivity index (χ3n) is 8.38. The lowest BCUT2D eigenvalue weighted by Crippen LogP contribution is -2.05. The fourth-order valence-electron chi connectivity index (χ4n) is 6.23. The Hall–Kier alpha value is -6.00. The summed E-state index contributed by atoms with van der Waals surface area (Å²) in [6, 6.07) is 52.5. The summed E-state index contributed by atoms with van der Waals surface area (Å²) in [5.41, 5.74) is 10.2. The Morgan fingerprint density at radius 3 is 1.89 bits per heavy atom. The average Bonchev–Trinajstić information content (AvgIpc) is 3.64. The highest BCUT2D eigenvalue weighted by Gasteiger charge is 2.29. The van der Waals surface area contributed by atoms with Gasteiger partial charge in [0.15, 0.2) is 5.76 Å². The second-order valence-corrected chi connectivity index (χ2v) is 11.1. The van der Waals surface area contributed by atoms with Crippen molar-refractivity contribution in [3.05, 3.63) is 174 Å². The first kappa shape index (κ1) is 26.6. The normalized spacial score (nSPS) is 14.4. The molecule has 0 saturated carbocycles. The van der Waals surface area contributed by atoms with Crippen molar-refractivity contribution in [2.24, 2.45) is 9.98 Å². The highest BCUT2D eigenvalue weighted by atomic mass is 16.5. The minimum absolute atomic E-state index is 0.527. The summed E-state index contributed by atoms with van der Waals surface area (Å²) in [4.78, 5) is 9.50. The molecule has 0 radical (unpaired) electrons. The van der Waals surface area contributed by atoms with E-state index in [0.29, 0.717) is 18.0 Å². The van der Waals surface area contributed by atoms with E-state index in [1.165, 1.54) is 21.8 Å². The zero-order valence-corrected chi connectivity index (χ0v) is 24.6.